The number of hydrogen-bond donors (Lipinski definition) is 1. The van der Waals surface area contributed by atoms with Crippen molar-refractivity contribution in [3.05, 3.63) is 35.9 Å². The number of likely N-dealkylation sites (N-methyl/N-ethyl adjacent to an activating group) is 1. The van der Waals surface area contributed by atoms with Gasteiger partial charge < -0.3 is 15.1 Å². The minimum atomic E-state index is 0. The summed E-state index contributed by atoms with van der Waals surface area (Å²) in [5.41, 5.74) is 1.39. The lowest BCUT2D eigenvalue weighted by atomic mass is 9.99. The van der Waals surface area contributed by atoms with E-state index in [1.54, 1.807) is 19.0 Å². The van der Waals surface area contributed by atoms with Crippen molar-refractivity contribution >= 4 is 35.8 Å². The third-order valence-corrected chi connectivity index (χ3v) is 4.23. The van der Waals surface area contributed by atoms with Crippen LogP contribution in [-0.4, -0.2) is 61.4 Å². The predicted octanol–water partition coefficient (Wildman–Crippen LogP) is 2.61. The number of nitrogens with zero attached hydrogens (tertiary/aromatic N) is 3. The molecule has 25 heavy (non-hydrogen) atoms. The SMILES string of the molecule is CC(C)NC(=NCC(=O)N(C)C)N1CCC(Cc2ccccc2)C1.I. The molecule has 1 fully saturated rings. The van der Waals surface area contributed by atoms with Gasteiger partial charge in [0.1, 0.15) is 6.54 Å². The molecule has 1 unspecified atom stereocenters. The fraction of sp³-hybridized carbons (Fsp3) is 0.579. The van der Waals surface area contributed by atoms with Crippen LogP contribution in [0.4, 0.5) is 0 Å². The number of aliphatic imine (C=N–C) groups is 1. The summed E-state index contributed by atoms with van der Waals surface area (Å²) in [4.78, 5) is 20.2. The highest BCUT2D eigenvalue weighted by molar-refractivity contribution is 14.0. The lowest BCUT2D eigenvalue weighted by Gasteiger charge is -2.24. The minimum Gasteiger partial charge on any atom is -0.354 e. The number of rotatable bonds is 5. The number of hydrogen-bond acceptors (Lipinski definition) is 2. The maximum absolute atomic E-state index is 11.8. The summed E-state index contributed by atoms with van der Waals surface area (Å²) in [5, 5.41) is 3.41. The van der Waals surface area contributed by atoms with Crippen molar-refractivity contribution in [2.45, 2.75) is 32.7 Å². The van der Waals surface area contributed by atoms with Gasteiger partial charge in [-0.1, -0.05) is 30.3 Å². The Bertz CT molecular complexity index is 560. The first-order valence-corrected chi connectivity index (χ1v) is 8.75. The van der Waals surface area contributed by atoms with Crippen LogP contribution in [0.25, 0.3) is 0 Å². The Balaban J connectivity index is 0.00000312. The molecule has 1 heterocycles. The van der Waals surface area contributed by atoms with Gasteiger partial charge in [-0.2, -0.15) is 0 Å². The average molecular weight is 458 g/mol. The second-order valence-electron chi connectivity index (χ2n) is 7.02. The maximum Gasteiger partial charge on any atom is 0.243 e. The number of benzene rings is 1. The zero-order valence-corrected chi connectivity index (χ0v) is 18.1. The van der Waals surface area contributed by atoms with Crippen molar-refractivity contribution in [2.75, 3.05) is 33.7 Å². The maximum atomic E-state index is 11.8. The number of carbonyl (C=O) groups excluding carboxylic acids is 1. The third-order valence-electron chi connectivity index (χ3n) is 4.23. The molecule has 0 aliphatic carbocycles. The van der Waals surface area contributed by atoms with Crippen molar-refractivity contribution in [1.29, 1.82) is 0 Å². The molecule has 1 saturated heterocycles. The summed E-state index contributed by atoms with van der Waals surface area (Å²) in [6.45, 7) is 6.37. The van der Waals surface area contributed by atoms with E-state index >= 15 is 0 Å². The van der Waals surface area contributed by atoms with Crippen molar-refractivity contribution in [3.8, 4) is 0 Å². The summed E-state index contributed by atoms with van der Waals surface area (Å²) in [6.07, 6.45) is 2.26. The lowest BCUT2D eigenvalue weighted by molar-refractivity contribution is -0.127. The van der Waals surface area contributed by atoms with Gasteiger partial charge in [0.2, 0.25) is 5.91 Å². The Hall–Kier alpha value is -1.31. The van der Waals surface area contributed by atoms with Crippen molar-refractivity contribution in [3.63, 3.8) is 0 Å². The predicted molar refractivity (Wildman–Crippen MR) is 115 cm³/mol. The first-order chi connectivity index (χ1) is 11.5. The smallest absolute Gasteiger partial charge is 0.243 e. The molecule has 0 radical (unpaired) electrons. The van der Waals surface area contributed by atoms with E-state index in [0.29, 0.717) is 12.0 Å². The summed E-state index contributed by atoms with van der Waals surface area (Å²) < 4.78 is 0. The van der Waals surface area contributed by atoms with Crippen molar-refractivity contribution < 1.29 is 4.79 Å². The molecule has 1 aliphatic heterocycles. The number of likely N-dealkylation sites (tertiary alicyclic amines) is 1. The van der Waals surface area contributed by atoms with Gasteiger partial charge in [-0.05, 0) is 38.2 Å². The molecule has 1 atom stereocenters. The van der Waals surface area contributed by atoms with Crippen LogP contribution in [-0.2, 0) is 11.2 Å². The summed E-state index contributed by atoms with van der Waals surface area (Å²) in [6, 6.07) is 10.9. The number of carbonyl (C=O) groups is 1. The van der Waals surface area contributed by atoms with Gasteiger partial charge in [-0.25, -0.2) is 4.99 Å². The monoisotopic (exact) mass is 458 g/mol. The Morgan fingerprint density at radius 2 is 2.00 bits per heavy atom. The number of amides is 1. The molecule has 1 aromatic rings. The summed E-state index contributed by atoms with van der Waals surface area (Å²) >= 11 is 0. The van der Waals surface area contributed by atoms with Crippen LogP contribution in [0.15, 0.2) is 35.3 Å². The van der Waals surface area contributed by atoms with E-state index in [-0.39, 0.29) is 36.4 Å². The van der Waals surface area contributed by atoms with E-state index in [1.165, 1.54) is 5.56 Å². The van der Waals surface area contributed by atoms with Crippen LogP contribution in [0.1, 0.15) is 25.8 Å². The van der Waals surface area contributed by atoms with Gasteiger partial charge >= 0.3 is 0 Å². The van der Waals surface area contributed by atoms with Gasteiger partial charge in [0.15, 0.2) is 5.96 Å². The van der Waals surface area contributed by atoms with E-state index in [2.05, 4.69) is 59.4 Å². The molecule has 0 aromatic heterocycles. The highest BCUT2D eigenvalue weighted by Crippen LogP contribution is 2.21. The van der Waals surface area contributed by atoms with Gasteiger partial charge in [0.25, 0.3) is 0 Å². The van der Waals surface area contributed by atoms with Gasteiger partial charge in [0, 0.05) is 33.2 Å². The van der Waals surface area contributed by atoms with Crippen LogP contribution in [0.5, 0.6) is 0 Å². The molecule has 0 bridgehead atoms. The molecule has 0 saturated carbocycles. The summed E-state index contributed by atoms with van der Waals surface area (Å²) in [5.74, 6) is 1.52. The number of guanidine groups is 1. The zero-order valence-electron chi connectivity index (χ0n) is 15.7. The minimum absolute atomic E-state index is 0. The van der Waals surface area contributed by atoms with E-state index < -0.39 is 0 Å². The third kappa shape index (κ3) is 7.22. The van der Waals surface area contributed by atoms with Crippen molar-refractivity contribution in [1.82, 2.24) is 15.1 Å². The topological polar surface area (TPSA) is 47.9 Å². The van der Waals surface area contributed by atoms with Crippen LogP contribution >= 0.6 is 24.0 Å². The normalized spacial score (nSPS) is 17.4. The molecular formula is C19H31IN4O. The molecule has 2 rings (SSSR count). The highest BCUT2D eigenvalue weighted by atomic mass is 127. The van der Waals surface area contributed by atoms with E-state index in [1.807, 2.05) is 0 Å². The zero-order chi connectivity index (χ0) is 17.5. The number of nitrogens with one attached hydrogen (secondary N) is 1. The lowest BCUT2D eigenvalue weighted by Crippen LogP contribution is -2.44. The van der Waals surface area contributed by atoms with Gasteiger partial charge in [-0.3, -0.25) is 4.79 Å². The molecule has 6 heteroatoms. The summed E-state index contributed by atoms with van der Waals surface area (Å²) in [7, 11) is 3.53. The Morgan fingerprint density at radius 1 is 1.32 bits per heavy atom. The van der Waals surface area contributed by atoms with Crippen LogP contribution in [0.3, 0.4) is 0 Å². The number of halogens is 1. The van der Waals surface area contributed by atoms with Crippen LogP contribution in [0.2, 0.25) is 0 Å². The molecule has 1 amide bonds. The second kappa shape index (κ2) is 10.6. The van der Waals surface area contributed by atoms with Crippen LogP contribution in [0, 0.1) is 5.92 Å². The Kier molecular flexibility index (Phi) is 9.24. The largest absolute Gasteiger partial charge is 0.354 e. The fourth-order valence-electron chi connectivity index (χ4n) is 2.92. The molecule has 140 valence electrons. The molecule has 1 aromatic carbocycles. The first kappa shape index (κ1) is 21.7. The molecule has 5 nitrogen and oxygen atoms in total. The molecule has 0 spiro atoms. The fourth-order valence-corrected chi connectivity index (χ4v) is 2.92. The first-order valence-electron chi connectivity index (χ1n) is 8.75. The van der Waals surface area contributed by atoms with E-state index in [0.717, 1.165) is 31.9 Å². The van der Waals surface area contributed by atoms with E-state index in [4.69, 9.17) is 0 Å². The second-order valence-corrected chi connectivity index (χ2v) is 7.02. The molecule has 1 aliphatic rings. The molecule has 1 N–H and O–H groups in total. The quantitative estimate of drug-likeness (QED) is 0.419. The van der Waals surface area contributed by atoms with Crippen LogP contribution < -0.4 is 5.32 Å². The standard InChI is InChI=1S/C19H30N4O.HI/c1-15(2)21-19(20-13-18(24)22(3)4)23-11-10-17(14-23)12-16-8-6-5-7-9-16;/h5-9,15,17H,10-14H2,1-4H3,(H,20,21);1H. The Morgan fingerprint density at radius 3 is 2.60 bits per heavy atom. The van der Waals surface area contributed by atoms with Crippen molar-refractivity contribution in [2.24, 2.45) is 10.9 Å². The van der Waals surface area contributed by atoms with Gasteiger partial charge in [0.05, 0.1) is 0 Å². The van der Waals surface area contributed by atoms with Gasteiger partial charge in [-0.15, -0.1) is 24.0 Å². The molecular weight excluding hydrogens is 427 g/mol. The van der Waals surface area contributed by atoms with E-state index in [9.17, 15) is 4.79 Å². The Labute approximate surface area is 168 Å². The average Bonchev–Trinajstić information content (AvgIpc) is 3.00. The highest BCUT2D eigenvalue weighted by Gasteiger charge is 2.25.